The molecule has 0 radical (unpaired) electrons. The number of amides is 1. The molecule has 1 saturated carbocycles. The van der Waals surface area contributed by atoms with Gasteiger partial charge in [0, 0.05) is 18.6 Å². The molecule has 0 heterocycles. The van der Waals surface area contributed by atoms with E-state index < -0.39 is 0 Å². The van der Waals surface area contributed by atoms with E-state index >= 15 is 0 Å². The summed E-state index contributed by atoms with van der Waals surface area (Å²) in [7, 11) is 0. The minimum absolute atomic E-state index is 0.0258. The van der Waals surface area contributed by atoms with Crippen molar-refractivity contribution in [3.63, 3.8) is 0 Å². The Balaban J connectivity index is 2.38. The molecule has 0 aromatic carbocycles. The zero-order valence-electron chi connectivity index (χ0n) is 12.1. The first-order valence-electron chi connectivity index (χ1n) is 7.36. The van der Waals surface area contributed by atoms with Crippen LogP contribution >= 0.6 is 0 Å². The SMILES string of the molecule is CCN(CC)CC(C)NC(=O)C1CCCCC1N. The average Bonchev–Trinajstić information content (AvgIpc) is 2.36. The molecule has 0 spiro atoms. The highest BCUT2D eigenvalue weighted by Crippen LogP contribution is 2.23. The molecule has 106 valence electrons. The molecule has 1 aliphatic rings. The van der Waals surface area contributed by atoms with Crippen molar-refractivity contribution >= 4 is 5.91 Å². The first-order chi connectivity index (χ1) is 8.58. The van der Waals surface area contributed by atoms with Crippen molar-refractivity contribution in [2.24, 2.45) is 11.7 Å². The van der Waals surface area contributed by atoms with E-state index in [4.69, 9.17) is 5.73 Å². The van der Waals surface area contributed by atoms with Crippen LogP contribution in [0.4, 0.5) is 0 Å². The standard InChI is InChI=1S/C14H29N3O/c1-4-17(5-2)10-11(3)16-14(18)12-8-6-7-9-13(12)15/h11-13H,4-10,15H2,1-3H3,(H,16,18). The zero-order valence-corrected chi connectivity index (χ0v) is 12.1. The van der Waals surface area contributed by atoms with Crippen LogP contribution in [0.25, 0.3) is 0 Å². The van der Waals surface area contributed by atoms with Gasteiger partial charge in [-0.25, -0.2) is 0 Å². The third-order valence-electron chi connectivity index (χ3n) is 3.97. The second-order valence-electron chi connectivity index (χ2n) is 5.45. The number of hydrogen-bond donors (Lipinski definition) is 2. The molecule has 18 heavy (non-hydrogen) atoms. The largest absolute Gasteiger partial charge is 0.352 e. The van der Waals surface area contributed by atoms with Crippen LogP contribution in [-0.4, -0.2) is 42.5 Å². The van der Waals surface area contributed by atoms with Gasteiger partial charge in [0.05, 0.1) is 5.92 Å². The lowest BCUT2D eigenvalue weighted by molar-refractivity contribution is -0.127. The summed E-state index contributed by atoms with van der Waals surface area (Å²) < 4.78 is 0. The number of carbonyl (C=O) groups excluding carboxylic acids is 1. The summed E-state index contributed by atoms with van der Waals surface area (Å²) in [5.74, 6) is 0.180. The third kappa shape index (κ3) is 4.58. The Morgan fingerprint density at radius 2 is 1.94 bits per heavy atom. The summed E-state index contributed by atoms with van der Waals surface area (Å²) in [6.07, 6.45) is 4.24. The van der Waals surface area contributed by atoms with E-state index in [-0.39, 0.29) is 23.9 Å². The van der Waals surface area contributed by atoms with Crippen molar-refractivity contribution in [2.45, 2.75) is 58.5 Å². The van der Waals surface area contributed by atoms with Gasteiger partial charge in [-0.1, -0.05) is 26.7 Å². The van der Waals surface area contributed by atoms with Gasteiger partial charge in [-0.3, -0.25) is 4.79 Å². The highest BCUT2D eigenvalue weighted by Gasteiger charge is 2.28. The predicted molar refractivity (Wildman–Crippen MR) is 75.3 cm³/mol. The van der Waals surface area contributed by atoms with E-state index in [1.165, 1.54) is 6.42 Å². The quantitative estimate of drug-likeness (QED) is 0.753. The summed E-state index contributed by atoms with van der Waals surface area (Å²) in [5, 5.41) is 3.12. The molecule has 0 aromatic heterocycles. The lowest BCUT2D eigenvalue weighted by Crippen LogP contribution is -2.49. The van der Waals surface area contributed by atoms with Gasteiger partial charge in [-0.15, -0.1) is 0 Å². The molecule has 1 aliphatic carbocycles. The van der Waals surface area contributed by atoms with Crippen LogP contribution in [0.15, 0.2) is 0 Å². The van der Waals surface area contributed by atoms with Gasteiger partial charge < -0.3 is 16.0 Å². The number of carbonyl (C=O) groups is 1. The average molecular weight is 255 g/mol. The van der Waals surface area contributed by atoms with E-state index in [1.807, 2.05) is 0 Å². The van der Waals surface area contributed by atoms with Crippen molar-refractivity contribution in [3.05, 3.63) is 0 Å². The van der Waals surface area contributed by atoms with Gasteiger partial charge in [0.1, 0.15) is 0 Å². The Kier molecular flexibility index (Phi) is 6.65. The molecule has 3 atom stereocenters. The molecule has 3 unspecified atom stereocenters. The predicted octanol–water partition coefficient (Wildman–Crippen LogP) is 1.35. The molecule has 3 N–H and O–H groups in total. The van der Waals surface area contributed by atoms with Crippen LogP contribution in [0.5, 0.6) is 0 Å². The molecule has 0 aromatic rings. The zero-order chi connectivity index (χ0) is 13.5. The third-order valence-corrected chi connectivity index (χ3v) is 3.97. The van der Waals surface area contributed by atoms with Gasteiger partial charge in [0.25, 0.3) is 0 Å². The fraction of sp³-hybridized carbons (Fsp3) is 0.929. The molecule has 4 heteroatoms. The Morgan fingerprint density at radius 1 is 1.33 bits per heavy atom. The lowest BCUT2D eigenvalue weighted by Gasteiger charge is -2.30. The van der Waals surface area contributed by atoms with Crippen LogP contribution in [0.1, 0.15) is 46.5 Å². The van der Waals surface area contributed by atoms with Crippen LogP contribution in [0.3, 0.4) is 0 Å². The molecule has 1 fully saturated rings. The smallest absolute Gasteiger partial charge is 0.224 e. The van der Waals surface area contributed by atoms with Gasteiger partial charge in [0.15, 0.2) is 0 Å². The molecule has 4 nitrogen and oxygen atoms in total. The molecular weight excluding hydrogens is 226 g/mol. The number of rotatable bonds is 6. The molecule has 0 saturated heterocycles. The highest BCUT2D eigenvalue weighted by atomic mass is 16.2. The van der Waals surface area contributed by atoms with E-state index in [2.05, 4.69) is 31.0 Å². The number of nitrogens with two attached hydrogens (primary N) is 1. The van der Waals surface area contributed by atoms with Crippen LogP contribution in [0, 0.1) is 5.92 Å². The lowest BCUT2D eigenvalue weighted by atomic mass is 9.84. The summed E-state index contributed by atoms with van der Waals surface area (Å²) in [5.41, 5.74) is 6.04. The van der Waals surface area contributed by atoms with Gasteiger partial charge in [-0.2, -0.15) is 0 Å². The molecule has 1 amide bonds. The second kappa shape index (κ2) is 7.74. The monoisotopic (exact) mass is 255 g/mol. The van der Waals surface area contributed by atoms with E-state index in [9.17, 15) is 4.79 Å². The molecule has 1 rings (SSSR count). The van der Waals surface area contributed by atoms with Crippen LogP contribution in [0.2, 0.25) is 0 Å². The number of likely N-dealkylation sites (N-methyl/N-ethyl adjacent to an activating group) is 1. The van der Waals surface area contributed by atoms with Crippen molar-refractivity contribution in [3.8, 4) is 0 Å². The molecule has 0 aliphatic heterocycles. The summed E-state index contributed by atoms with van der Waals surface area (Å²) >= 11 is 0. The Bertz CT molecular complexity index is 253. The number of nitrogens with zero attached hydrogens (tertiary/aromatic N) is 1. The van der Waals surface area contributed by atoms with Gasteiger partial charge in [0.2, 0.25) is 5.91 Å². The topological polar surface area (TPSA) is 58.4 Å². The van der Waals surface area contributed by atoms with Crippen molar-refractivity contribution in [2.75, 3.05) is 19.6 Å². The normalized spacial score (nSPS) is 26.1. The maximum absolute atomic E-state index is 12.2. The maximum Gasteiger partial charge on any atom is 0.224 e. The first-order valence-corrected chi connectivity index (χ1v) is 7.36. The highest BCUT2D eigenvalue weighted by molar-refractivity contribution is 5.79. The number of hydrogen-bond acceptors (Lipinski definition) is 3. The second-order valence-corrected chi connectivity index (χ2v) is 5.45. The van der Waals surface area contributed by atoms with Crippen LogP contribution < -0.4 is 11.1 Å². The summed E-state index contributed by atoms with van der Waals surface area (Å²) in [6.45, 7) is 9.34. The molecular formula is C14H29N3O. The van der Waals surface area contributed by atoms with Crippen molar-refractivity contribution in [1.29, 1.82) is 0 Å². The van der Waals surface area contributed by atoms with Crippen molar-refractivity contribution < 1.29 is 4.79 Å². The summed E-state index contributed by atoms with van der Waals surface area (Å²) in [6, 6.07) is 0.255. The van der Waals surface area contributed by atoms with E-state index in [0.29, 0.717) is 0 Å². The summed E-state index contributed by atoms with van der Waals surface area (Å²) in [4.78, 5) is 14.5. The Hall–Kier alpha value is -0.610. The fourth-order valence-electron chi connectivity index (χ4n) is 2.75. The van der Waals surface area contributed by atoms with Gasteiger partial charge in [-0.05, 0) is 32.9 Å². The minimum atomic E-state index is 0.0258. The van der Waals surface area contributed by atoms with E-state index in [0.717, 1.165) is 38.9 Å². The van der Waals surface area contributed by atoms with Crippen molar-refractivity contribution in [1.82, 2.24) is 10.2 Å². The minimum Gasteiger partial charge on any atom is -0.352 e. The van der Waals surface area contributed by atoms with Gasteiger partial charge >= 0.3 is 0 Å². The van der Waals surface area contributed by atoms with Crippen LogP contribution in [-0.2, 0) is 4.79 Å². The van der Waals surface area contributed by atoms with E-state index in [1.54, 1.807) is 0 Å². The maximum atomic E-state index is 12.2. The first kappa shape index (κ1) is 15.4. The fourth-order valence-corrected chi connectivity index (χ4v) is 2.75. The Morgan fingerprint density at radius 3 is 2.50 bits per heavy atom. The Labute approximate surface area is 111 Å². The number of nitrogens with one attached hydrogen (secondary N) is 1. The molecule has 0 bridgehead atoms.